The van der Waals surface area contributed by atoms with E-state index in [1.807, 2.05) is 0 Å². The van der Waals surface area contributed by atoms with Gasteiger partial charge in [-0.1, -0.05) is 16.8 Å². The molecule has 0 aliphatic carbocycles. The fraction of sp³-hybridized carbons (Fsp3) is 0.100. The summed E-state index contributed by atoms with van der Waals surface area (Å²) in [5.74, 6) is -0.818. The van der Waals surface area contributed by atoms with Crippen molar-refractivity contribution in [1.29, 1.82) is 0 Å². The lowest BCUT2D eigenvalue weighted by Gasteiger charge is -1.97. The van der Waals surface area contributed by atoms with Crippen LogP contribution in [-0.2, 0) is 0 Å². The van der Waals surface area contributed by atoms with E-state index in [9.17, 15) is 4.79 Å². The number of carbonyl (C=O) groups is 1. The average molecular weight is 239 g/mol. The molecule has 0 unspecified atom stereocenters. The molecule has 2 aromatic heterocycles. The number of hydrogen-bond acceptors (Lipinski definition) is 4. The number of nitrogens with zero attached hydrogens (tertiary/aromatic N) is 2. The van der Waals surface area contributed by atoms with Gasteiger partial charge in [0.15, 0.2) is 0 Å². The normalized spacial score (nSPS) is 10.4. The Morgan fingerprint density at radius 2 is 2.25 bits per heavy atom. The largest absolute Gasteiger partial charge is 0.477 e. The van der Waals surface area contributed by atoms with Crippen molar-refractivity contribution < 1.29 is 14.4 Å². The third-order valence-electron chi connectivity index (χ3n) is 2.08. The zero-order chi connectivity index (χ0) is 11.7. The summed E-state index contributed by atoms with van der Waals surface area (Å²) < 4.78 is 4.85. The van der Waals surface area contributed by atoms with Crippen LogP contribution in [0.15, 0.2) is 22.9 Å². The van der Waals surface area contributed by atoms with Crippen molar-refractivity contribution in [2.75, 3.05) is 0 Å². The number of halogens is 1. The Hall–Kier alpha value is -1.88. The van der Waals surface area contributed by atoms with E-state index >= 15 is 0 Å². The van der Waals surface area contributed by atoms with Crippen molar-refractivity contribution in [2.24, 2.45) is 0 Å². The predicted molar refractivity (Wildman–Crippen MR) is 56.4 cm³/mol. The molecule has 2 aromatic rings. The van der Waals surface area contributed by atoms with E-state index in [1.165, 1.54) is 6.20 Å². The van der Waals surface area contributed by atoms with Crippen molar-refractivity contribution in [3.05, 3.63) is 34.8 Å². The minimum Gasteiger partial charge on any atom is -0.477 e. The van der Waals surface area contributed by atoms with Gasteiger partial charge < -0.3 is 9.63 Å². The summed E-state index contributed by atoms with van der Waals surface area (Å²) in [6.07, 6.45) is 1.45. The molecule has 0 radical (unpaired) electrons. The number of aryl methyl sites for hydroxylation is 1. The van der Waals surface area contributed by atoms with Crippen LogP contribution >= 0.6 is 11.6 Å². The number of aromatic nitrogens is 2. The van der Waals surface area contributed by atoms with Gasteiger partial charge in [0.2, 0.25) is 0 Å². The second kappa shape index (κ2) is 3.94. The topological polar surface area (TPSA) is 76.2 Å². The Bertz CT molecular complexity index is 533. The number of hydrogen-bond donors (Lipinski definition) is 1. The van der Waals surface area contributed by atoms with Gasteiger partial charge in [-0.05, 0) is 19.1 Å². The molecule has 16 heavy (non-hydrogen) atoms. The SMILES string of the molecule is Cc1onc(-c2ccc(Cl)nc2)c1C(=O)O. The molecule has 0 aliphatic heterocycles. The van der Waals surface area contributed by atoms with E-state index in [1.54, 1.807) is 19.1 Å². The fourth-order valence-electron chi connectivity index (χ4n) is 1.34. The number of carboxylic acid groups (broad SMARTS) is 1. The van der Waals surface area contributed by atoms with Crippen LogP contribution in [0, 0.1) is 6.92 Å². The van der Waals surface area contributed by atoms with Crippen LogP contribution in [0.25, 0.3) is 11.3 Å². The van der Waals surface area contributed by atoms with E-state index in [-0.39, 0.29) is 17.0 Å². The summed E-state index contributed by atoms with van der Waals surface area (Å²) in [6, 6.07) is 3.20. The Kier molecular flexibility index (Phi) is 2.62. The number of pyridine rings is 1. The second-order valence-electron chi connectivity index (χ2n) is 3.14. The standard InChI is InChI=1S/C10H7ClN2O3/c1-5-8(10(14)15)9(13-16-5)6-2-3-7(11)12-4-6/h2-4H,1H3,(H,14,15). The smallest absolute Gasteiger partial charge is 0.341 e. The Morgan fingerprint density at radius 1 is 1.50 bits per heavy atom. The van der Waals surface area contributed by atoms with E-state index in [2.05, 4.69) is 10.1 Å². The molecule has 0 aromatic carbocycles. The molecule has 0 spiro atoms. The van der Waals surface area contributed by atoms with Gasteiger partial charge in [-0.15, -0.1) is 0 Å². The lowest BCUT2D eigenvalue weighted by Crippen LogP contribution is -1.99. The summed E-state index contributed by atoms with van der Waals surface area (Å²) >= 11 is 5.64. The first kappa shape index (κ1) is 10.6. The molecule has 0 saturated carbocycles. The molecule has 82 valence electrons. The maximum atomic E-state index is 11.0. The first-order valence-electron chi connectivity index (χ1n) is 4.41. The van der Waals surface area contributed by atoms with Crippen LogP contribution in [-0.4, -0.2) is 21.2 Å². The van der Waals surface area contributed by atoms with Gasteiger partial charge in [-0.2, -0.15) is 0 Å². The lowest BCUT2D eigenvalue weighted by molar-refractivity contribution is 0.0696. The zero-order valence-electron chi connectivity index (χ0n) is 8.27. The van der Waals surface area contributed by atoms with E-state index in [4.69, 9.17) is 21.2 Å². The summed E-state index contributed by atoms with van der Waals surface area (Å²) in [6.45, 7) is 1.54. The van der Waals surface area contributed by atoms with Crippen LogP contribution in [0.4, 0.5) is 0 Å². The van der Waals surface area contributed by atoms with Crippen LogP contribution in [0.1, 0.15) is 16.1 Å². The third kappa shape index (κ3) is 1.77. The maximum Gasteiger partial charge on any atom is 0.341 e. The highest BCUT2D eigenvalue weighted by Crippen LogP contribution is 2.25. The highest BCUT2D eigenvalue weighted by atomic mass is 35.5. The van der Waals surface area contributed by atoms with Gasteiger partial charge in [0.1, 0.15) is 22.2 Å². The summed E-state index contributed by atoms with van der Waals surface area (Å²) in [4.78, 5) is 14.9. The first-order valence-corrected chi connectivity index (χ1v) is 4.79. The Labute approximate surface area is 95.7 Å². The average Bonchev–Trinajstić information content (AvgIpc) is 2.61. The van der Waals surface area contributed by atoms with E-state index in [0.717, 1.165) is 0 Å². The Balaban J connectivity index is 2.56. The van der Waals surface area contributed by atoms with Gasteiger partial charge in [-0.3, -0.25) is 0 Å². The quantitative estimate of drug-likeness (QED) is 0.813. The molecule has 0 saturated heterocycles. The highest BCUT2D eigenvalue weighted by molar-refractivity contribution is 6.29. The van der Waals surface area contributed by atoms with Gasteiger partial charge in [-0.25, -0.2) is 9.78 Å². The fourth-order valence-corrected chi connectivity index (χ4v) is 1.45. The van der Waals surface area contributed by atoms with Crippen molar-refractivity contribution in [2.45, 2.75) is 6.92 Å². The van der Waals surface area contributed by atoms with Crippen molar-refractivity contribution in [3.63, 3.8) is 0 Å². The van der Waals surface area contributed by atoms with Crippen LogP contribution < -0.4 is 0 Å². The van der Waals surface area contributed by atoms with E-state index < -0.39 is 5.97 Å². The Morgan fingerprint density at radius 3 is 2.81 bits per heavy atom. The molecule has 6 heteroatoms. The first-order chi connectivity index (χ1) is 7.59. The molecular formula is C10H7ClN2O3. The number of aromatic carboxylic acids is 1. The molecule has 0 aliphatic rings. The molecular weight excluding hydrogens is 232 g/mol. The van der Waals surface area contributed by atoms with Crippen molar-refractivity contribution in [3.8, 4) is 11.3 Å². The summed E-state index contributed by atoms with van der Waals surface area (Å²) in [5, 5.41) is 13.0. The molecule has 0 bridgehead atoms. The van der Waals surface area contributed by atoms with Crippen molar-refractivity contribution >= 4 is 17.6 Å². The summed E-state index contributed by atoms with van der Waals surface area (Å²) in [5.41, 5.74) is 0.858. The number of rotatable bonds is 2. The molecule has 0 amide bonds. The predicted octanol–water partition coefficient (Wildman–Crippen LogP) is 2.40. The minimum atomic E-state index is -1.08. The van der Waals surface area contributed by atoms with Crippen LogP contribution in [0.2, 0.25) is 5.15 Å². The molecule has 1 N–H and O–H groups in total. The van der Waals surface area contributed by atoms with E-state index in [0.29, 0.717) is 10.7 Å². The molecule has 0 atom stereocenters. The highest BCUT2D eigenvalue weighted by Gasteiger charge is 2.20. The van der Waals surface area contributed by atoms with Gasteiger partial charge in [0.25, 0.3) is 0 Å². The molecule has 0 fully saturated rings. The zero-order valence-corrected chi connectivity index (χ0v) is 9.02. The minimum absolute atomic E-state index is 0.0455. The number of carboxylic acids is 1. The third-order valence-corrected chi connectivity index (χ3v) is 2.30. The van der Waals surface area contributed by atoms with Gasteiger partial charge >= 0.3 is 5.97 Å². The molecule has 2 heterocycles. The lowest BCUT2D eigenvalue weighted by atomic mass is 10.1. The van der Waals surface area contributed by atoms with Gasteiger partial charge in [0, 0.05) is 11.8 Å². The van der Waals surface area contributed by atoms with Crippen molar-refractivity contribution in [1.82, 2.24) is 10.1 Å². The van der Waals surface area contributed by atoms with Gasteiger partial charge in [0.05, 0.1) is 0 Å². The summed E-state index contributed by atoms with van der Waals surface area (Å²) in [7, 11) is 0. The molecule has 5 nitrogen and oxygen atoms in total. The van der Waals surface area contributed by atoms with Crippen LogP contribution in [0.5, 0.6) is 0 Å². The van der Waals surface area contributed by atoms with Crippen LogP contribution in [0.3, 0.4) is 0 Å². The second-order valence-corrected chi connectivity index (χ2v) is 3.52. The maximum absolute atomic E-state index is 11.0. The molecule has 2 rings (SSSR count). The monoisotopic (exact) mass is 238 g/mol.